The number of unbranched alkanes of at least 4 members (excludes halogenated alkanes) is 15. The Hall–Kier alpha value is -2.49. The summed E-state index contributed by atoms with van der Waals surface area (Å²) < 4.78 is 19.4. The molecular formula is C37H59NO3. The van der Waals surface area contributed by atoms with Crippen molar-refractivity contribution in [2.45, 2.75) is 136 Å². The lowest BCUT2D eigenvalue weighted by molar-refractivity contribution is 0.234. The molecule has 2 rings (SSSR count). The van der Waals surface area contributed by atoms with Gasteiger partial charge in [0.1, 0.15) is 0 Å². The van der Waals surface area contributed by atoms with Crippen molar-refractivity contribution in [2.24, 2.45) is 0 Å². The number of benzene rings is 1. The molecule has 0 aliphatic carbocycles. The lowest BCUT2D eigenvalue weighted by Crippen LogP contribution is -2.07. The van der Waals surface area contributed by atoms with Crippen LogP contribution in [0.15, 0.2) is 36.7 Å². The number of nitrogens with zero attached hydrogens (tertiary/aromatic N) is 1. The van der Waals surface area contributed by atoms with E-state index in [-0.39, 0.29) is 0 Å². The quantitative estimate of drug-likeness (QED) is 0.106. The highest BCUT2D eigenvalue weighted by atomic mass is 16.5. The summed E-state index contributed by atoms with van der Waals surface area (Å²) in [5.74, 6) is 2.39. The molecule has 0 spiro atoms. The van der Waals surface area contributed by atoms with E-state index in [2.05, 4.69) is 50.0 Å². The maximum absolute atomic E-state index is 6.52. The van der Waals surface area contributed by atoms with Crippen LogP contribution >= 0.6 is 0 Å². The average molecular weight is 566 g/mol. The molecule has 0 atom stereocenters. The minimum Gasteiger partial charge on any atom is -0.490 e. The molecule has 4 nitrogen and oxygen atoms in total. The van der Waals surface area contributed by atoms with Crippen molar-refractivity contribution in [3.63, 3.8) is 0 Å². The largest absolute Gasteiger partial charge is 0.490 e. The van der Waals surface area contributed by atoms with Gasteiger partial charge in [0.25, 0.3) is 0 Å². The van der Waals surface area contributed by atoms with Gasteiger partial charge in [0.15, 0.2) is 11.5 Å². The molecule has 4 heteroatoms. The summed E-state index contributed by atoms with van der Waals surface area (Å²) in [6.45, 7) is 8.87. The van der Waals surface area contributed by atoms with Gasteiger partial charge in [-0.25, -0.2) is 0 Å². The molecule has 230 valence electrons. The first kappa shape index (κ1) is 34.7. The van der Waals surface area contributed by atoms with Gasteiger partial charge in [-0.1, -0.05) is 129 Å². The summed E-state index contributed by atoms with van der Waals surface area (Å²) in [5, 5.41) is 0. The summed E-state index contributed by atoms with van der Waals surface area (Å²) >= 11 is 0. The molecular weight excluding hydrogens is 506 g/mol. The van der Waals surface area contributed by atoms with Gasteiger partial charge in [-0.15, -0.1) is 0 Å². The van der Waals surface area contributed by atoms with Crippen molar-refractivity contribution in [1.82, 2.24) is 4.98 Å². The van der Waals surface area contributed by atoms with E-state index in [9.17, 15) is 0 Å². The van der Waals surface area contributed by atoms with Gasteiger partial charge < -0.3 is 14.2 Å². The summed E-state index contributed by atoms with van der Waals surface area (Å²) in [6, 6.07) is 8.21. The Kier molecular flexibility index (Phi) is 20.4. The third kappa shape index (κ3) is 15.9. The van der Waals surface area contributed by atoms with E-state index in [4.69, 9.17) is 14.2 Å². The first-order valence-corrected chi connectivity index (χ1v) is 16.9. The molecule has 0 aliphatic heterocycles. The van der Waals surface area contributed by atoms with E-state index < -0.39 is 0 Å². The maximum Gasteiger partial charge on any atom is 0.204 e. The number of hydrogen-bond acceptors (Lipinski definition) is 4. The molecule has 0 bridgehead atoms. The van der Waals surface area contributed by atoms with Crippen molar-refractivity contribution in [1.29, 1.82) is 0 Å². The van der Waals surface area contributed by atoms with Crippen molar-refractivity contribution in [3.8, 4) is 17.2 Å². The van der Waals surface area contributed by atoms with Crippen LogP contribution in [-0.4, -0.2) is 24.8 Å². The van der Waals surface area contributed by atoms with E-state index in [1.54, 1.807) is 0 Å². The van der Waals surface area contributed by atoms with Crippen LogP contribution in [0.25, 0.3) is 12.2 Å². The van der Waals surface area contributed by atoms with Gasteiger partial charge in [-0.3, -0.25) is 4.98 Å². The van der Waals surface area contributed by atoms with Gasteiger partial charge >= 0.3 is 0 Å². The van der Waals surface area contributed by atoms with Crippen molar-refractivity contribution < 1.29 is 14.2 Å². The molecule has 1 heterocycles. The fourth-order valence-electron chi connectivity index (χ4n) is 4.93. The van der Waals surface area contributed by atoms with Crippen molar-refractivity contribution >= 4 is 12.2 Å². The fourth-order valence-corrected chi connectivity index (χ4v) is 4.93. The molecule has 0 fully saturated rings. The molecule has 41 heavy (non-hydrogen) atoms. The third-order valence-electron chi connectivity index (χ3n) is 7.51. The van der Waals surface area contributed by atoms with Gasteiger partial charge in [-0.2, -0.15) is 0 Å². The van der Waals surface area contributed by atoms with Gasteiger partial charge in [0.05, 0.1) is 19.8 Å². The fraction of sp³-hybridized carbons (Fsp3) is 0.649. The molecule has 0 radical (unpaired) electrons. The van der Waals surface area contributed by atoms with Crippen LogP contribution in [0.5, 0.6) is 17.2 Å². The maximum atomic E-state index is 6.52. The lowest BCUT2D eigenvalue weighted by Gasteiger charge is -2.19. The Balaban J connectivity index is 2.16. The first-order chi connectivity index (χ1) is 20.3. The zero-order valence-electron chi connectivity index (χ0n) is 26.6. The Morgan fingerprint density at radius 3 is 1.49 bits per heavy atom. The number of pyridine rings is 1. The highest BCUT2D eigenvalue weighted by Crippen LogP contribution is 2.42. The smallest absolute Gasteiger partial charge is 0.204 e. The van der Waals surface area contributed by atoms with Gasteiger partial charge in [0, 0.05) is 18.0 Å². The predicted molar refractivity (Wildman–Crippen MR) is 176 cm³/mol. The minimum absolute atomic E-state index is 0.685. The normalized spacial score (nSPS) is 11.3. The van der Waals surface area contributed by atoms with Crippen LogP contribution in [0.4, 0.5) is 0 Å². The summed E-state index contributed by atoms with van der Waals surface area (Å²) in [7, 11) is 0. The Morgan fingerprint density at radius 2 is 0.951 bits per heavy atom. The molecule has 0 unspecified atom stereocenters. The summed E-state index contributed by atoms with van der Waals surface area (Å²) in [5.41, 5.74) is 2.14. The molecule has 0 aliphatic rings. The van der Waals surface area contributed by atoms with E-state index >= 15 is 0 Å². The molecule has 1 aromatic heterocycles. The summed E-state index contributed by atoms with van der Waals surface area (Å²) in [6.07, 6.45) is 30.2. The highest BCUT2D eigenvalue weighted by Gasteiger charge is 2.17. The first-order valence-electron chi connectivity index (χ1n) is 16.9. The van der Waals surface area contributed by atoms with E-state index in [1.165, 1.54) is 96.3 Å². The second-order valence-corrected chi connectivity index (χ2v) is 11.3. The van der Waals surface area contributed by atoms with E-state index in [0.717, 1.165) is 47.6 Å². The van der Waals surface area contributed by atoms with Crippen LogP contribution in [-0.2, 0) is 0 Å². The van der Waals surface area contributed by atoms with Crippen LogP contribution in [0.3, 0.4) is 0 Å². The number of hydrogen-bond donors (Lipinski definition) is 0. The molecule has 0 saturated carbocycles. The van der Waals surface area contributed by atoms with Gasteiger partial charge in [-0.05, 0) is 49.1 Å². The Labute approximate surface area is 252 Å². The molecule has 0 saturated heterocycles. The number of ether oxygens (including phenoxy) is 3. The minimum atomic E-state index is 0.685. The number of aromatic nitrogens is 1. The Bertz CT molecular complexity index is 912. The van der Waals surface area contributed by atoms with E-state index in [1.807, 2.05) is 24.5 Å². The van der Waals surface area contributed by atoms with Crippen LogP contribution in [0.2, 0.25) is 0 Å². The zero-order valence-corrected chi connectivity index (χ0v) is 26.6. The SMILES string of the molecule is CCCCCCCCOc1ccc(/C=C/c2ccncc2)c(OCCCCCCCC)c1OCCCCCCCC. The zero-order chi connectivity index (χ0) is 29.2. The van der Waals surface area contributed by atoms with Crippen LogP contribution in [0.1, 0.15) is 147 Å². The molecule has 0 amide bonds. The predicted octanol–water partition coefficient (Wildman–Crippen LogP) is 11.5. The van der Waals surface area contributed by atoms with Crippen LogP contribution in [0, 0.1) is 0 Å². The van der Waals surface area contributed by atoms with Crippen molar-refractivity contribution in [2.75, 3.05) is 19.8 Å². The molecule has 0 N–H and O–H groups in total. The standard InChI is InChI=1S/C37H59NO3/c1-4-7-10-13-16-19-30-39-35-25-24-34(23-22-33-26-28-38-29-27-33)36(40-31-20-17-14-11-8-5-2)37(35)41-32-21-18-15-12-9-6-3/h22-29H,4-21,30-32H2,1-3H3/b23-22+. The van der Waals surface area contributed by atoms with Crippen molar-refractivity contribution in [3.05, 3.63) is 47.8 Å². The second kappa shape index (κ2) is 24.1. The van der Waals surface area contributed by atoms with Gasteiger partial charge in [0.2, 0.25) is 5.75 Å². The topological polar surface area (TPSA) is 40.6 Å². The highest BCUT2D eigenvalue weighted by molar-refractivity contribution is 5.75. The van der Waals surface area contributed by atoms with Crippen LogP contribution < -0.4 is 14.2 Å². The molecule has 1 aromatic carbocycles. The number of rotatable bonds is 26. The third-order valence-corrected chi connectivity index (χ3v) is 7.51. The monoisotopic (exact) mass is 565 g/mol. The second-order valence-electron chi connectivity index (χ2n) is 11.3. The van der Waals surface area contributed by atoms with E-state index in [0.29, 0.717) is 19.8 Å². The molecule has 2 aromatic rings. The summed E-state index contributed by atoms with van der Waals surface area (Å²) in [4.78, 5) is 4.15. The Morgan fingerprint density at radius 1 is 0.488 bits per heavy atom. The average Bonchev–Trinajstić information content (AvgIpc) is 3.00. The lowest BCUT2D eigenvalue weighted by atomic mass is 10.1.